The number of hydrazone groups is 1. The van der Waals surface area contributed by atoms with E-state index in [1.54, 1.807) is 0 Å². The number of fused-ring (bicyclic) bond motifs is 2. The van der Waals surface area contributed by atoms with Gasteiger partial charge in [-0.15, -0.1) is 0 Å². The molecule has 2 atom stereocenters. The summed E-state index contributed by atoms with van der Waals surface area (Å²) in [7, 11) is 0. The summed E-state index contributed by atoms with van der Waals surface area (Å²) in [6.07, 6.45) is 5.79. The second-order valence-corrected chi connectivity index (χ2v) is 6.50. The van der Waals surface area contributed by atoms with Crippen molar-refractivity contribution in [2.45, 2.75) is 19.9 Å². The molecule has 0 spiro atoms. The first-order valence-corrected chi connectivity index (χ1v) is 8.22. The van der Waals surface area contributed by atoms with Gasteiger partial charge in [-0.2, -0.15) is 10.1 Å². The molecule has 5 heteroatoms. The van der Waals surface area contributed by atoms with Gasteiger partial charge >= 0.3 is 0 Å². The first-order valence-electron chi connectivity index (χ1n) is 7.84. The monoisotopic (exact) mass is 337 g/mol. The minimum atomic E-state index is -0.142. The maximum Gasteiger partial charge on any atom is 0.245 e. The summed E-state index contributed by atoms with van der Waals surface area (Å²) < 4.78 is 0. The number of aliphatic imine (C=N–C) groups is 1. The summed E-state index contributed by atoms with van der Waals surface area (Å²) in [5.41, 5.74) is 4.17. The highest BCUT2D eigenvalue weighted by Gasteiger charge is 2.42. The highest BCUT2D eigenvalue weighted by molar-refractivity contribution is 6.32. The van der Waals surface area contributed by atoms with E-state index in [-0.39, 0.29) is 17.9 Å². The molecule has 24 heavy (non-hydrogen) atoms. The Kier molecular flexibility index (Phi) is 3.50. The predicted molar refractivity (Wildman–Crippen MR) is 96.8 cm³/mol. The van der Waals surface area contributed by atoms with Crippen LogP contribution in [0.3, 0.4) is 0 Å². The topological polar surface area (TPSA) is 45.0 Å². The number of allylic oxidation sites excluding steroid dienone is 2. The fraction of sp³-hybridized carbons (Fsp3) is 0.211. The number of nitrogens with zero attached hydrogens (tertiary/aromatic N) is 3. The van der Waals surface area contributed by atoms with Crippen molar-refractivity contribution >= 4 is 34.6 Å². The maximum atomic E-state index is 12.0. The van der Waals surface area contributed by atoms with Crippen LogP contribution in [0, 0.1) is 5.92 Å². The molecule has 1 amide bonds. The highest BCUT2D eigenvalue weighted by atomic mass is 35.5. The van der Waals surface area contributed by atoms with Crippen LogP contribution in [0.2, 0.25) is 0 Å². The van der Waals surface area contributed by atoms with Crippen LogP contribution in [0.1, 0.15) is 19.4 Å². The van der Waals surface area contributed by atoms with E-state index >= 15 is 0 Å². The number of carbonyl (C=O) groups excluding carboxylic acids is 1. The van der Waals surface area contributed by atoms with Crippen molar-refractivity contribution in [3.63, 3.8) is 0 Å². The molecule has 4 nitrogen and oxygen atoms in total. The molecule has 2 heterocycles. The molecule has 0 unspecified atom stereocenters. The summed E-state index contributed by atoms with van der Waals surface area (Å²) in [6.45, 7) is 3.45. The number of hydrogen-bond acceptors (Lipinski definition) is 3. The minimum Gasteiger partial charge on any atom is -0.273 e. The summed E-state index contributed by atoms with van der Waals surface area (Å²) >= 11 is 6.24. The zero-order chi connectivity index (χ0) is 16.8. The number of dihydropyridines is 1. The Morgan fingerprint density at radius 2 is 2.00 bits per heavy atom. The first kappa shape index (κ1) is 15.1. The molecule has 3 aliphatic rings. The summed E-state index contributed by atoms with van der Waals surface area (Å²) in [6, 6.07) is 10.0. The number of halogens is 1. The lowest BCUT2D eigenvalue weighted by Crippen LogP contribution is -2.36. The SMILES string of the molecule is CC(=O)N1N=C(C)[C@H]2C1=N[C@H]1C=CC(Cl)=CC1=C2c1ccccc1. The second-order valence-electron chi connectivity index (χ2n) is 6.06. The molecule has 1 aliphatic carbocycles. The largest absolute Gasteiger partial charge is 0.273 e. The zero-order valence-electron chi connectivity index (χ0n) is 13.4. The molecule has 0 aromatic heterocycles. The summed E-state index contributed by atoms with van der Waals surface area (Å²) in [5.74, 6) is 0.457. The average Bonchev–Trinajstić information content (AvgIpc) is 2.90. The van der Waals surface area contributed by atoms with E-state index in [1.165, 1.54) is 11.9 Å². The van der Waals surface area contributed by atoms with Gasteiger partial charge in [-0.1, -0.05) is 48.0 Å². The maximum absolute atomic E-state index is 12.0. The number of hydrogen-bond donors (Lipinski definition) is 0. The van der Waals surface area contributed by atoms with Crippen molar-refractivity contribution in [2.24, 2.45) is 16.0 Å². The molecule has 0 saturated carbocycles. The van der Waals surface area contributed by atoms with Gasteiger partial charge in [-0.3, -0.25) is 9.79 Å². The third kappa shape index (κ3) is 2.26. The molecule has 0 N–H and O–H groups in total. The van der Waals surface area contributed by atoms with Gasteiger partial charge in [-0.05, 0) is 35.8 Å². The van der Waals surface area contributed by atoms with E-state index in [9.17, 15) is 4.79 Å². The van der Waals surface area contributed by atoms with Gasteiger partial charge in [0, 0.05) is 12.0 Å². The van der Waals surface area contributed by atoms with E-state index < -0.39 is 0 Å². The number of carbonyl (C=O) groups is 1. The van der Waals surface area contributed by atoms with E-state index in [1.807, 2.05) is 43.4 Å². The molecule has 4 rings (SSSR count). The molecule has 1 aromatic carbocycles. The van der Waals surface area contributed by atoms with Gasteiger partial charge in [0.05, 0.1) is 17.7 Å². The highest BCUT2D eigenvalue weighted by Crippen LogP contribution is 2.41. The number of amidine groups is 1. The quantitative estimate of drug-likeness (QED) is 0.769. The third-order valence-electron chi connectivity index (χ3n) is 4.45. The Morgan fingerprint density at radius 3 is 2.71 bits per heavy atom. The molecule has 2 aliphatic heterocycles. The van der Waals surface area contributed by atoms with Gasteiger partial charge in [0.15, 0.2) is 0 Å². The Bertz CT molecular complexity index is 877. The first-order chi connectivity index (χ1) is 11.6. The molecule has 120 valence electrons. The van der Waals surface area contributed by atoms with Crippen molar-refractivity contribution in [3.05, 3.63) is 64.7 Å². The number of amides is 1. The molecular weight excluding hydrogens is 322 g/mol. The van der Waals surface area contributed by atoms with Crippen LogP contribution in [0.4, 0.5) is 0 Å². The predicted octanol–water partition coefficient (Wildman–Crippen LogP) is 3.77. The second kappa shape index (κ2) is 5.56. The lowest BCUT2D eigenvalue weighted by atomic mass is 9.79. The standard InChI is InChI=1S/C19H16ClN3O/c1-11-17-18(13-6-4-3-5-7-13)15-10-14(20)8-9-16(15)21-19(17)23(22-11)12(2)24/h3-10,16-17H,1-2H3/t16-,17+/m0/s1. The van der Waals surface area contributed by atoms with Gasteiger partial charge in [0.1, 0.15) is 5.84 Å². The van der Waals surface area contributed by atoms with Crippen LogP contribution in [-0.2, 0) is 4.79 Å². The molecule has 1 aromatic rings. The van der Waals surface area contributed by atoms with E-state index in [0.29, 0.717) is 10.9 Å². The Hall–Kier alpha value is -2.46. The molecule has 0 fully saturated rings. The number of rotatable bonds is 1. The lowest BCUT2D eigenvalue weighted by molar-refractivity contribution is -0.125. The van der Waals surface area contributed by atoms with Crippen LogP contribution in [0.15, 0.2) is 69.3 Å². The molecule has 0 saturated heterocycles. The fourth-order valence-corrected chi connectivity index (χ4v) is 3.64. The van der Waals surface area contributed by atoms with Crippen LogP contribution in [0.25, 0.3) is 5.57 Å². The van der Waals surface area contributed by atoms with Crippen LogP contribution < -0.4 is 0 Å². The zero-order valence-corrected chi connectivity index (χ0v) is 14.2. The van der Waals surface area contributed by atoms with E-state index in [4.69, 9.17) is 16.6 Å². The van der Waals surface area contributed by atoms with E-state index in [0.717, 1.165) is 22.4 Å². The number of benzene rings is 1. The summed E-state index contributed by atoms with van der Waals surface area (Å²) in [4.78, 5) is 16.8. The van der Waals surface area contributed by atoms with Gasteiger partial charge < -0.3 is 0 Å². The van der Waals surface area contributed by atoms with Crippen molar-refractivity contribution in [3.8, 4) is 0 Å². The van der Waals surface area contributed by atoms with Crippen molar-refractivity contribution in [2.75, 3.05) is 0 Å². The Morgan fingerprint density at radius 1 is 1.25 bits per heavy atom. The van der Waals surface area contributed by atoms with Crippen molar-refractivity contribution < 1.29 is 4.79 Å². The van der Waals surface area contributed by atoms with E-state index in [2.05, 4.69) is 17.2 Å². The van der Waals surface area contributed by atoms with Crippen LogP contribution in [-0.4, -0.2) is 28.5 Å². The van der Waals surface area contributed by atoms with Crippen molar-refractivity contribution in [1.29, 1.82) is 0 Å². The average molecular weight is 338 g/mol. The molecular formula is C19H16ClN3O. The van der Waals surface area contributed by atoms with Crippen LogP contribution in [0.5, 0.6) is 0 Å². The Labute approximate surface area is 145 Å². The smallest absolute Gasteiger partial charge is 0.245 e. The van der Waals surface area contributed by atoms with Gasteiger partial charge in [0.2, 0.25) is 5.91 Å². The minimum absolute atomic E-state index is 0.116. The normalized spacial score (nSPS) is 25.0. The van der Waals surface area contributed by atoms with Crippen molar-refractivity contribution in [1.82, 2.24) is 5.01 Å². The Balaban J connectivity index is 1.95. The third-order valence-corrected chi connectivity index (χ3v) is 4.69. The van der Waals surface area contributed by atoms with Gasteiger partial charge in [-0.25, -0.2) is 0 Å². The lowest BCUT2D eigenvalue weighted by Gasteiger charge is -2.30. The van der Waals surface area contributed by atoms with Gasteiger partial charge in [0.25, 0.3) is 0 Å². The fourth-order valence-electron chi connectivity index (χ4n) is 3.45. The van der Waals surface area contributed by atoms with Crippen LogP contribution >= 0.6 is 11.6 Å². The molecule has 0 bridgehead atoms. The summed E-state index contributed by atoms with van der Waals surface area (Å²) in [5, 5.41) is 6.55. The molecule has 0 radical (unpaired) electrons.